The van der Waals surface area contributed by atoms with Crippen molar-refractivity contribution in [3.63, 3.8) is 0 Å². The third kappa shape index (κ3) is 6.78. The Morgan fingerprint density at radius 3 is 2.55 bits per heavy atom. The minimum atomic E-state index is -0.639. The van der Waals surface area contributed by atoms with Crippen LogP contribution in [0.3, 0.4) is 0 Å². The summed E-state index contributed by atoms with van der Waals surface area (Å²) in [6.07, 6.45) is 0.266. The van der Waals surface area contributed by atoms with Crippen LogP contribution in [0.5, 0.6) is 5.75 Å². The Bertz CT molecular complexity index is 435. The Morgan fingerprint density at radius 2 is 1.95 bits per heavy atom. The molecule has 1 rings (SSSR count). The van der Waals surface area contributed by atoms with Gasteiger partial charge in [0.15, 0.2) is 5.96 Å². The lowest BCUT2D eigenvalue weighted by Gasteiger charge is -2.13. The van der Waals surface area contributed by atoms with Gasteiger partial charge in [0.1, 0.15) is 5.75 Å². The van der Waals surface area contributed by atoms with Crippen LogP contribution in [0, 0.1) is 0 Å². The van der Waals surface area contributed by atoms with Crippen molar-refractivity contribution >= 4 is 5.96 Å². The van der Waals surface area contributed by atoms with Crippen molar-refractivity contribution < 1.29 is 14.6 Å². The number of aliphatic imine (C=N–C) groups is 1. The van der Waals surface area contributed by atoms with E-state index < -0.39 is 6.10 Å². The van der Waals surface area contributed by atoms with Crippen LogP contribution in [0.15, 0.2) is 29.3 Å². The first-order valence-corrected chi connectivity index (χ1v) is 7.54. The van der Waals surface area contributed by atoms with Gasteiger partial charge in [0.2, 0.25) is 0 Å². The molecule has 0 saturated heterocycles. The third-order valence-corrected chi connectivity index (χ3v) is 3.08. The minimum Gasteiger partial charge on any atom is -0.497 e. The van der Waals surface area contributed by atoms with Gasteiger partial charge in [0, 0.05) is 26.8 Å². The van der Waals surface area contributed by atoms with E-state index in [1.807, 2.05) is 31.2 Å². The molecule has 22 heavy (non-hydrogen) atoms. The van der Waals surface area contributed by atoms with Crippen molar-refractivity contribution in [3.05, 3.63) is 29.8 Å². The fourth-order valence-electron chi connectivity index (χ4n) is 1.87. The fourth-order valence-corrected chi connectivity index (χ4v) is 1.87. The van der Waals surface area contributed by atoms with Gasteiger partial charge in [-0.2, -0.15) is 0 Å². The number of nitrogens with one attached hydrogen (secondary N) is 2. The summed E-state index contributed by atoms with van der Waals surface area (Å²) < 4.78 is 10.1. The highest BCUT2D eigenvalue weighted by atomic mass is 16.5. The van der Waals surface area contributed by atoms with Crippen molar-refractivity contribution in [2.75, 3.05) is 40.5 Å². The van der Waals surface area contributed by atoms with E-state index in [0.29, 0.717) is 19.1 Å². The number of aliphatic hydroxyl groups excluding tert-OH is 1. The Kier molecular flexibility index (Phi) is 9.02. The maximum atomic E-state index is 10.2. The van der Waals surface area contributed by atoms with Crippen LogP contribution in [0.2, 0.25) is 0 Å². The highest BCUT2D eigenvalue weighted by molar-refractivity contribution is 5.79. The molecule has 0 saturated carbocycles. The lowest BCUT2D eigenvalue weighted by molar-refractivity contribution is 0.187. The molecule has 6 nitrogen and oxygen atoms in total. The molecule has 0 aliphatic heterocycles. The number of benzene rings is 1. The van der Waals surface area contributed by atoms with Gasteiger partial charge >= 0.3 is 0 Å². The van der Waals surface area contributed by atoms with Crippen molar-refractivity contribution in [1.29, 1.82) is 0 Å². The van der Waals surface area contributed by atoms with Gasteiger partial charge in [0.25, 0.3) is 0 Å². The molecule has 0 spiro atoms. The predicted octanol–water partition coefficient (Wildman–Crippen LogP) is 1.32. The molecule has 0 fully saturated rings. The monoisotopic (exact) mass is 309 g/mol. The lowest BCUT2D eigenvalue weighted by Crippen LogP contribution is -2.38. The number of methoxy groups -OCH3 is 2. The minimum absolute atomic E-state index is 0.298. The van der Waals surface area contributed by atoms with Crippen molar-refractivity contribution in [3.8, 4) is 5.75 Å². The molecular weight excluding hydrogens is 282 g/mol. The number of hydrogen-bond donors (Lipinski definition) is 3. The molecular formula is C16H27N3O3. The highest BCUT2D eigenvalue weighted by Gasteiger charge is 2.07. The van der Waals surface area contributed by atoms with Crippen LogP contribution in [0.1, 0.15) is 25.0 Å². The predicted molar refractivity (Wildman–Crippen MR) is 88.4 cm³/mol. The van der Waals surface area contributed by atoms with Gasteiger partial charge in [-0.1, -0.05) is 12.1 Å². The van der Waals surface area contributed by atoms with E-state index in [4.69, 9.17) is 9.47 Å². The van der Waals surface area contributed by atoms with E-state index >= 15 is 0 Å². The molecule has 1 aromatic carbocycles. The highest BCUT2D eigenvalue weighted by Crippen LogP contribution is 2.17. The Labute approximate surface area is 132 Å². The molecule has 6 heteroatoms. The summed E-state index contributed by atoms with van der Waals surface area (Å²) in [5, 5.41) is 16.5. The number of rotatable bonds is 9. The van der Waals surface area contributed by atoms with E-state index in [-0.39, 0.29) is 0 Å². The van der Waals surface area contributed by atoms with Crippen molar-refractivity contribution in [2.24, 2.45) is 4.99 Å². The molecule has 0 amide bonds. The first-order valence-electron chi connectivity index (χ1n) is 7.54. The average molecular weight is 309 g/mol. The van der Waals surface area contributed by atoms with Crippen LogP contribution in [-0.2, 0) is 4.74 Å². The van der Waals surface area contributed by atoms with Crippen LogP contribution in [-0.4, -0.2) is 51.5 Å². The average Bonchev–Trinajstić information content (AvgIpc) is 2.56. The van der Waals surface area contributed by atoms with Gasteiger partial charge in [-0.25, -0.2) is 0 Å². The smallest absolute Gasteiger partial charge is 0.191 e. The molecule has 124 valence electrons. The van der Waals surface area contributed by atoms with Crippen LogP contribution >= 0.6 is 0 Å². The van der Waals surface area contributed by atoms with E-state index in [2.05, 4.69) is 15.6 Å². The zero-order valence-electron chi connectivity index (χ0n) is 13.6. The van der Waals surface area contributed by atoms with Crippen LogP contribution in [0.25, 0.3) is 0 Å². The van der Waals surface area contributed by atoms with Crippen molar-refractivity contribution in [2.45, 2.75) is 19.4 Å². The fraction of sp³-hybridized carbons (Fsp3) is 0.562. The molecule has 0 heterocycles. The van der Waals surface area contributed by atoms with Gasteiger partial charge < -0.3 is 25.2 Å². The largest absolute Gasteiger partial charge is 0.497 e. The zero-order chi connectivity index (χ0) is 16.2. The summed E-state index contributed by atoms with van der Waals surface area (Å²) in [5.41, 5.74) is 0.819. The summed E-state index contributed by atoms with van der Waals surface area (Å²) in [4.78, 5) is 4.40. The molecule has 1 aromatic rings. The quantitative estimate of drug-likeness (QED) is 0.364. The standard InChI is InChI=1S/C16H27N3O3/c1-4-17-16(18-10-5-11-21-2)19-12-15(20)13-6-8-14(22-3)9-7-13/h6-9,15,20H,4-5,10-12H2,1-3H3,(H2,17,18,19). The topological polar surface area (TPSA) is 75.1 Å². The normalized spacial score (nSPS) is 12.8. The zero-order valence-corrected chi connectivity index (χ0v) is 13.6. The summed E-state index contributed by atoms with van der Waals surface area (Å²) in [7, 11) is 3.30. The number of guanidine groups is 1. The molecule has 0 bridgehead atoms. The molecule has 0 aliphatic carbocycles. The third-order valence-electron chi connectivity index (χ3n) is 3.08. The Hall–Kier alpha value is -1.79. The van der Waals surface area contributed by atoms with E-state index in [1.54, 1.807) is 14.2 Å². The number of ether oxygens (including phenoxy) is 2. The second kappa shape index (κ2) is 10.9. The van der Waals surface area contributed by atoms with Gasteiger partial charge in [-0.15, -0.1) is 0 Å². The van der Waals surface area contributed by atoms with E-state index in [1.165, 1.54) is 0 Å². The lowest BCUT2D eigenvalue weighted by atomic mass is 10.1. The second-order valence-electron chi connectivity index (χ2n) is 4.78. The maximum absolute atomic E-state index is 10.2. The van der Waals surface area contributed by atoms with Crippen LogP contribution < -0.4 is 15.4 Å². The SMILES string of the molecule is CCNC(=NCC(O)c1ccc(OC)cc1)NCCCOC. The summed E-state index contributed by atoms with van der Waals surface area (Å²) in [5.74, 6) is 1.47. The Morgan fingerprint density at radius 1 is 1.23 bits per heavy atom. The van der Waals surface area contributed by atoms with Gasteiger partial charge in [-0.3, -0.25) is 4.99 Å². The molecule has 0 aromatic heterocycles. The maximum Gasteiger partial charge on any atom is 0.191 e. The van der Waals surface area contributed by atoms with Gasteiger partial charge in [-0.05, 0) is 31.0 Å². The van der Waals surface area contributed by atoms with E-state index in [9.17, 15) is 5.11 Å². The molecule has 0 aliphatic rings. The van der Waals surface area contributed by atoms with Crippen molar-refractivity contribution in [1.82, 2.24) is 10.6 Å². The first kappa shape index (κ1) is 18.3. The summed E-state index contributed by atoms with van der Waals surface area (Å²) in [6.45, 7) is 4.56. The number of hydrogen-bond acceptors (Lipinski definition) is 4. The van der Waals surface area contributed by atoms with Crippen LogP contribution in [0.4, 0.5) is 0 Å². The first-order chi connectivity index (χ1) is 10.7. The molecule has 0 radical (unpaired) electrons. The molecule has 3 N–H and O–H groups in total. The van der Waals surface area contributed by atoms with Gasteiger partial charge in [0.05, 0.1) is 19.8 Å². The van der Waals surface area contributed by atoms with E-state index in [0.717, 1.165) is 30.8 Å². The summed E-state index contributed by atoms with van der Waals surface area (Å²) >= 11 is 0. The number of aliphatic hydroxyl groups is 1. The molecule has 1 atom stereocenters. The second-order valence-corrected chi connectivity index (χ2v) is 4.78. The molecule has 1 unspecified atom stereocenters. The number of nitrogens with zero attached hydrogens (tertiary/aromatic N) is 1. The summed E-state index contributed by atoms with van der Waals surface area (Å²) in [6, 6.07) is 7.35. The Balaban J connectivity index is 2.51.